The van der Waals surface area contributed by atoms with Crippen molar-refractivity contribution >= 4 is 23.2 Å². The molecule has 4 nitrogen and oxygen atoms in total. The van der Waals surface area contributed by atoms with Crippen molar-refractivity contribution in [3.05, 3.63) is 47.0 Å². The molecule has 0 atom stereocenters. The Labute approximate surface area is 138 Å². The van der Waals surface area contributed by atoms with Crippen LogP contribution in [0, 0.1) is 5.82 Å². The normalized spacial score (nSPS) is 14.6. The molecular formula is C17H16ClFN2O2. The third kappa shape index (κ3) is 3.21. The van der Waals surface area contributed by atoms with Crippen molar-refractivity contribution in [1.29, 1.82) is 0 Å². The average molecular weight is 335 g/mol. The quantitative estimate of drug-likeness (QED) is 0.874. The van der Waals surface area contributed by atoms with Crippen molar-refractivity contribution < 1.29 is 14.3 Å². The molecule has 0 aliphatic carbocycles. The van der Waals surface area contributed by atoms with Gasteiger partial charge in [-0.05, 0) is 42.7 Å². The number of halogens is 2. The third-order valence-electron chi connectivity index (χ3n) is 3.97. The Morgan fingerprint density at radius 3 is 2.78 bits per heavy atom. The summed E-state index contributed by atoms with van der Waals surface area (Å²) in [5, 5.41) is 9.47. The van der Waals surface area contributed by atoms with E-state index in [4.69, 9.17) is 16.7 Å². The molecule has 1 aliphatic heterocycles. The van der Waals surface area contributed by atoms with Gasteiger partial charge in [-0.3, -0.25) is 4.79 Å². The van der Waals surface area contributed by atoms with Crippen LogP contribution in [0.4, 0.5) is 10.1 Å². The number of anilines is 1. The van der Waals surface area contributed by atoms with E-state index < -0.39 is 5.82 Å². The molecule has 1 fully saturated rings. The zero-order valence-corrected chi connectivity index (χ0v) is 13.2. The van der Waals surface area contributed by atoms with E-state index in [-0.39, 0.29) is 12.5 Å². The first-order valence-electron chi connectivity index (χ1n) is 7.45. The predicted octanol–water partition coefficient (Wildman–Crippen LogP) is 3.20. The number of carbonyl (C=O) groups is 1. The summed E-state index contributed by atoms with van der Waals surface area (Å²) >= 11 is 5.88. The van der Waals surface area contributed by atoms with Crippen LogP contribution < -0.4 is 4.90 Å². The number of hydrogen-bond donors (Lipinski definition) is 1. The van der Waals surface area contributed by atoms with Gasteiger partial charge in [0.25, 0.3) is 0 Å². The van der Waals surface area contributed by atoms with Crippen molar-refractivity contribution in [3.8, 4) is 11.1 Å². The van der Waals surface area contributed by atoms with E-state index in [0.717, 1.165) is 12.0 Å². The molecule has 2 aromatic rings. The second-order valence-electron chi connectivity index (χ2n) is 5.45. The van der Waals surface area contributed by atoms with Crippen molar-refractivity contribution in [1.82, 2.24) is 4.98 Å². The van der Waals surface area contributed by atoms with Crippen LogP contribution in [0.15, 0.2) is 30.5 Å². The lowest BCUT2D eigenvalue weighted by atomic mass is 9.99. The number of amides is 1. The first-order valence-corrected chi connectivity index (χ1v) is 7.83. The van der Waals surface area contributed by atoms with Gasteiger partial charge < -0.3 is 10.0 Å². The van der Waals surface area contributed by atoms with E-state index in [1.54, 1.807) is 23.1 Å². The van der Waals surface area contributed by atoms with Gasteiger partial charge in [-0.25, -0.2) is 9.37 Å². The molecule has 1 aromatic carbocycles. The first-order chi connectivity index (χ1) is 11.1. The summed E-state index contributed by atoms with van der Waals surface area (Å²) in [7, 11) is 0. The first kappa shape index (κ1) is 15.9. The minimum Gasteiger partial charge on any atom is -0.396 e. The smallest absolute Gasteiger partial charge is 0.227 e. The maximum absolute atomic E-state index is 14.6. The molecule has 23 heavy (non-hydrogen) atoms. The Bertz CT molecular complexity index is 751. The lowest BCUT2D eigenvalue weighted by Gasteiger charge is -2.17. The molecule has 1 saturated heterocycles. The Morgan fingerprint density at radius 2 is 2.13 bits per heavy atom. The van der Waals surface area contributed by atoms with Crippen LogP contribution in [-0.2, 0) is 11.2 Å². The van der Waals surface area contributed by atoms with Crippen LogP contribution in [0.3, 0.4) is 0 Å². The summed E-state index contributed by atoms with van der Waals surface area (Å²) in [5.74, 6) is -0.406. The molecule has 1 aromatic heterocycles. The topological polar surface area (TPSA) is 53.4 Å². The summed E-state index contributed by atoms with van der Waals surface area (Å²) < 4.78 is 14.6. The maximum atomic E-state index is 14.6. The van der Waals surface area contributed by atoms with Gasteiger partial charge in [-0.1, -0.05) is 11.6 Å². The van der Waals surface area contributed by atoms with Gasteiger partial charge in [0.15, 0.2) is 0 Å². The minimum absolute atomic E-state index is 0.0197. The number of pyridine rings is 1. The largest absolute Gasteiger partial charge is 0.396 e. The predicted molar refractivity (Wildman–Crippen MR) is 87.0 cm³/mol. The number of aliphatic hydroxyl groups excluding tert-OH is 1. The lowest BCUT2D eigenvalue weighted by Crippen LogP contribution is -2.23. The molecule has 0 radical (unpaired) electrons. The highest BCUT2D eigenvalue weighted by Crippen LogP contribution is 2.31. The van der Waals surface area contributed by atoms with Crippen LogP contribution in [0.5, 0.6) is 0 Å². The molecule has 6 heteroatoms. The summed E-state index contributed by atoms with van der Waals surface area (Å²) in [6, 6.07) is 6.38. The molecule has 3 rings (SSSR count). The fraction of sp³-hybridized carbons (Fsp3) is 0.294. The summed E-state index contributed by atoms with van der Waals surface area (Å²) in [6.07, 6.45) is 3.17. The summed E-state index contributed by atoms with van der Waals surface area (Å²) in [4.78, 5) is 17.4. The van der Waals surface area contributed by atoms with Crippen LogP contribution in [0.1, 0.15) is 18.4 Å². The highest BCUT2D eigenvalue weighted by atomic mass is 35.5. The van der Waals surface area contributed by atoms with Crippen molar-refractivity contribution in [2.75, 3.05) is 18.1 Å². The SMILES string of the molecule is O=C1CCCN1c1ccc(-c2cnc(Cl)cc2CCO)c(F)c1. The highest BCUT2D eigenvalue weighted by molar-refractivity contribution is 6.29. The zero-order valence-electron chi connectivity index (χ0n) is 12.4. The van der Waals surface area contributed by atoms with Crippen LogP contribution >= 0.6 is 11.6 Å². The van der Waals surface area contributed by atoms with Crippen LogP contribution in [0.2, 0.25) is 5.15 Å². The fourth-order valence-electron chi connectivity index (χ4n) is 2.85. The number of nitrogens with zero attached hydrogens (tertiary/aromatic N) is 2. The Hall–Kier alpha value is -1.98. The van der Waals surface area contributed by atoms with Crippen molar-refractivity contribution in [2.24, 2.45) is 0 Å². The van der Waals surface area contributed by atoms with Crippen LogP contribution in [0.25, 0.3) is 11.1 Å². The summed E-state index contributed by atoms with van der Waals surface area (Å²) in [5.41, 5.74) is 2.28. The minimum atomic E-state index is -0.425. The molecule has 0 unspecified atom stereocenters. The molecular weight excluding hydrogens is 319 g/mol. The van der Waals surface area contributed by atoms with Gasteiger partial charge in [-0.15, -0.1) is 0 Å². The van der Waals surface area contributed by atoms with E-state index >= 15 is 0 Å². The monoisotopic (exact) mass is 334 g/mol. The lowest BCUT2D eigenvalue weighted by molar-refractivity contribution is -0.117. The number of carbonyl (C=O) groups excluding carboxylic acids is 1. The molecule has 0 spiro atoms. The molecule has 2 heterocycles. The second-order valence-corrected chi connectivity index (χ2v) is 5.84. The number of benzene rings is 1. The van der Waals surface area contributed by atoms with E-state index in [1.807, 2.05) is 0 Å². The van der Waals surface area contributed by atoms with Crippen molar-refractivity contribution in [2.45, 2.75) is 19.3 Å². The van der Waals surface area contributed by atoms with Gasteiger partial charge in [0, 0.05) is 42.6 Å². The standard InChI is InChI=1S/C17H16ClFN2O2/c18-16-8-11(5-7-22)14(10-20-16)13-4-3-12(9-15(13)19)21-6-1-2-17(21)23/h3-4,8-10,22H,1-2,5-7H2. The zero-order chi connectivity index (χ0) is 16.4. The van der Waals surface area contributed by atoms with Gasteiger partial charge in [-0.2, -0.15) is 0 Å². The van der Waals surface area contributed by atoms with Crippen LogP contribution in [-0.4, -0.2) is 29.1 Å². The van der Waals surface area contributed by atoms with E-state index in [9.17, 15) is 9.18 Å². The fourth-order valence-corrected chi connectivity index (χ4v) is 3.03. The number of rotatable bonds is 4. The summed E-state index contributed by atoms with van der Waals surface area (Å²) in [6.45, 7) is 0.561. The second kappa shape index (κ2) is 6.64. The molecule has 1 amide bonds. The molecule has 0 saturated carbocycles. The van der Waals surface area contributed by atoms with Crippen molar-refractivity contribution in [3.63, 3.8) is 0 Å². The maximum Gasteiger partial charge on any atom is 0.227 e. The van der Waals surface area contributed by atoms with E-state index in [0.29, 0.717) is 41.4 Å². The van der Waals surface area contributed by atoms with Gasteiger partial charge in [0.1, 0.15) is 11.0 Å². The number of aliphatic hydroxyl groups is 1. The molecule has 0 bridgehead atoms. The highest BCUT2D eigenvalue weighted by Gasteiger charge is 2.23. The number of aromatic nitrogens is 1. The van der Waals surface area contributed by atoms with E-state index in [1.165, 1.54) is 12.3 Å². The van der Waals surface area contributed by atoms with E-state index in [2.05, 4.69) is 4.98 Å². The Morgan fingerprint density at radius 1 is 1.30 bits per heavy atom. The Balaban J connectivity index is 1.99. The molecule has 1 aliphatic rings. The van der Waals surface area contributed by atoms with Gasteiger partial charge >= 0.3 is 0 Å². The van der Waals surface area contributed by atoms with Gasteiger partial charge in [0.05, 0.1) is 0 Å². The number of hydrogen-bond acceptors (Lipinski definition) is 3. The van der Waals surface area contributed by atoms with Gasteiger partial charge in [0.2, 0.25) is 5.91 Å². The third-order valence-corrected chi connectivity index (χ3v) is 4.17. The average Bonchev–Trinajstić information content (AvgIpc) is 2.94. The Kier molecular flexibility index (Phi) is 4.59. The molecule has 1 N–H and O–H groups in total. The molecule has 120 valence electrons.